The summed E-state index contributed by atoms with van der Waals surface area (Å²) in [6, 6.07) is 1.91. The quantitative estimate of drug-likeness (QED) is 0.564. The molecule has 0 aliphatic carbocycles. The minimum atomic E-state index is -0.210. The van der Waals surface area contributed by atoms with E-state index in [-0.39, 0.29) is 5.56 Å². The zero-order chi connectivity index (χ0) is 17.6. The van der Waals surface area contributed by atoms with E-state index < -0.39 is 0 Å². The van der Waals surface area contributed by atoms with Crippen LogP contribution in [0.2, 0.25) is 0 Å². The molecule has 128 valence electrons. The molecule has 9 nitrogen and oxygen atoms in total. The molecule has 0 bridgehead atoms. The molecule has 0 saturated heterocycles. The van der Waals surface area contributed by atoms with Crippen LogP contribution in [0.5, 0.6) is 0 Å². The highest BCUT2D eigenvalue weighted by atomic mass is 16.1. The van der Waals surface area contributed by atoms with Crippen LogP contribution in [0, 0.1) is 6.92 Å². The number of fused-ring (bicyclic) bond motifs is 1. The first kappa shape index (κ1) is 15.3. The van der Waals surface area contributed by atoms with Crippen molar-refractivity contribution in [2.45, 2.75) is 13.5 Å². The van der Waals surface area contributed by atoms with Crippen LogP contribution < -0.4 is 11.3 Å². The lowest BCUT2D eigenvalue weighted by atomic mass is 10.1. The summed E-state index contributed by atoms with van der Waals surface area (Å²) in [5.74, 6) is 1.01. The van der Waals surface area contributed by atoms with Gasteiger partial charge in [-0.15, -0.1) is 5.10 Å². The van der Waals surface area contributed by atoms with Gasteiger partial charge in [0.15, 0.2) is 11.6 Å². The molecular formula is C16H18N8O. The first-order valence-corrected chi connectivity index (χ1v) is 7.92. The van der Waals surface area contributed by atoms with E-state index in [1.165, 1.54) is 0 Å². The number of hydrogen-bond donors (Lipinski definition) is 2. The number of H-pyrrole nitrogens is 1. The number of nitrogens with one attached hydrogen (secondary N) is 1. The third-order valence-corrected chi connectivity index (χ3v) is 4.20. The van der Waals surface area contributed by atoms with Crippen LogP contribution >= 0.6 is 0 Å². The minimum Gasteiger partial charge on any atom is -0.331 e. The Labute approximate surface area is 142 Å². The monoisotopic (exact) mass is 338 g/mol. The number of hydrogen-bond acceptors (Lipinski definition) is 5. The van der Waals surface area contributed by atoms with Gasteiger partial charge in [0.05, 0.1) is 12.2 Å². The van der Waals surface area contributed by atoms with Gasteiger partial charge in [-0.1, -0.05) is 0 Å². The molecule has 0 spiro atoms. The Morgan fingerprint density at radius 3 is 2.84 bits per heavy atom. The molecule has 3 N–H and O–H groups in total. The van der Waals surface area contributed by atoms with Crippen molar-refractivity contribution < 1.29 is 0 Å². The van der Waals surface area contributed by atoms with Crippen LogP contribution in [0.15, 0.2) is 35.6 Å². The van der Waals surface area contributed by atoms with E-state index in [0.717, 1.165) is 16.8 Å². The summed E-state index contributed by atoms with van der Waals surface area (Å²) < 4.78 is 5.18. The second-order valence-electron chi connectivity index (χ2n) is 5.88. The van der Waals surface area contributed by atoms with Gasteiger partial charge >= 0.3 is 0 Å². The Balaban J connectivity index is 1.88. The molecule has 4 heterocycles. The minimum absolute atomic E-state index is 0.210. The Morgan fingerprint density at radius 1 is 1.28 bits per heavy atom. The highest BCUT2D eigenvalue weighted by Gasteiger charge is 2.17. The number of nitrogens with zero attached hydrogens (tertiary/aromatic N) is 6. The first-order chi connectivity index (χ1) is 12.1. The summed E-state index contributed by atoms with van der Waals surface area (Å²) >= 11 is 0. The molecule has 4 rings (SSSR count). The van der Waals surface area contributed by atoms with Gasteiger partial charge in [-0.2, -0.15) is 5.10 Å². The number of aryl methyl sites for hydroxylation is 2. The van der Waals surface area contributed by atoms with E-state index in [2.05, 4.69) is 20.2 Å². The van der Waals surface area contributed by atoms with E-state index >= 15 is 0 Å². The second-order valence-corrected chi connectivity index (χ2v) is 5.88. The molecule has 0 radical (unpaired) electrons. The molecular weight excluding hydrogens is 320 g/mol. The van der Waals surface area contributed by atoms with E-state index in [4.69, 9.17) is 5.73 Å². The fraction of sp³-hybridized carbons (Fsp3) is 0.250. The number of rotatable bonds is 4. The number of nitrogens with two attached hydrogens (primary N) is 1. The SMILES string of the molecule is Cc1c(-c2ccn(CCN)n2)cn2nc(-c3nccn3C)[nH]c(=O)c12. The predicted molar refractivity (Wildman–Crippen MR) is 93.0 cm³/mol. The first-order valence-electron chi connectivity index (χ1n) is 7.92. The van der Waals surface area contributed by atoms with Gasteiger partial charge in [-0.05, 0) is 18.6 Å². The fourth-order valence-corrected chi connectivity index (χ4v) is 2.95. The molecule has 9 heteroatoms. The molecule has 0 unspecified atom stereocenters. The van der Waals surface area contributed by atoms with Crippen LogP contribution in [0.25, 0.3) is 28.4 Å². The maximum atomic E-state index is 12.6. The van der Waals surface area contributed by atoms with Crippen molar-refractivity contribution in [1.82, 2.24) is 33.9 Å². The van der Waals surface area contributed by atoms with E-state index in [1.807, 2.05) is 32.4 Å². The molecule has 4 aromatic heterocycles. The third kappa shape index (κ3) is 2.45. The predicted octanol–water partition coefficient (Wildman–Crippen LogP) is 0.554. The zero-order valence-electron chi connectivity index (χ0n) is 14.0. The van der Waals surface area contributed by atoms with Crippen LogP contribution in [0.4, 0.5) is 0 Å². The Bertz CT molecular complexity index is 1110. The number of aromatic nitrogens is 7. The molecule has 0 amide bonds. The van der Waals surface area contributed by atoms with Gasteiger partial charge in [0.25, 0.3) is 5.56 Å². The molecule has 4 aromatic rings. The summed E-state index contributed by atoms with van der Waals surface area (Å²) in [5.41, 5.74) is 8.34. The van der Waals surface area contributed by atoms with Gasteiger partial charge < -0.3 is 15.3 Å². The lowest BCUT2D eigenvalue weighted by Crippen LogP contribution is -2.15. The largest absolute Gasteiger partial charge is 0.331 e. The molecule has 25 heavy (non-hydrogen) atoms. The maximum absolute atomic E-state index is 12.6. The van der Waals surface area contributed by atoms with Crippen molar-refractivity contribution in [2.24, 2.45) is 12.8 Å². The summed E-state index contributed by atoms with van der Waals surface area (Å²) in [7, 11) is 1.85. The van der Waals surface area contributed by atoms with Crippen LogP contribution in [-0.2, 0) is 13.6 Å². The van der Waals surface area contributed by atoms with E-state index in [1.54, 1.807) is 26.2 Å². The third-order valence-electron chi connectivity index (χ3n) is 4.20. The van der Waals surface area contributed by atoms with Gasteiger partial charge in [-0.3, -0.25) is 9.48 Å². The molecule has 0 aliphatic heterocycles. The van der Waals surface area contributed by atoms with Gasteiger partial charge in [0, 0.05) is 43.9 Å². The molecule has 0 fully saturated rings. The van der Waals surface area contributed by atoms with Crippen molar-refractivity contribution in [3.8, 4) is 22.9 Å². The average Bonchev–Trinajstić information content (AvgIpc) is 3.27. The average molecular weight is 338 g/mol. The molecule has 0 saturated carbocycles. The lowest BCUT2D eigenvalue weighted by Gasteiger charge is -2.02. The van der Waals surface area contributed by atoms with Crippen molar-refractivity contribution in [2.75, 3.05) is 6.54 Å². The summed E-state index contributed by atoms with van der Waals surface area (Å²) in [4.78, 5) is 19.6. The molecule has 0 aromatic carbocycles. The Kier molecular flexibility index (Phi) is 3.50. The molecule has 0 aliphatic rings. The Morgan fingerprint density at radius 2 is 2.12 bits per heavy atom. The normalized spacial score (nSPS) is 11.5. The van der Waals surface area contributed by atoms with Gasteiger partial charge in [-0.25, -0.2) is 9.50 Å². The standard InChI is InChI=1S/C16H18N8O/c1-10-11(12-3-6-23(20-12)7-4-17)9-24-13(10)16(25)19-14(21-24)15-18-5-8-22(15)2/h3,5-6,8-9H,4,7,17H2,1-2H3,(H,19,21,25). The summed E-state index contributed by atoms with van der Waals surface area (Å²) in [5, 5.41) is 9.02. The fourth-order valence-electron chi connectivity index (χ4n) is 2.95. The highest BCUT2D eigenvalue weighted by Crippen LogP contribution is 2.25. The molecule has 0 atom stereocenters. The number of imidazole rings is 1. The van der Waals surface area contributed by atoms with Crippen LogP contribution in [0.1, 0.15) is 5.56 Å². The highest BCUT2D eigenvalue weighted by molar-refractivity contribution is 5.73. The summed E-state index contributed by atoms with van der Waals surface area (Å²) in [6.07, 6.45) is 7.16. The smallest absolute Gasteiger partial charge is 0.275 e. The topological polar surface area (TPSA) is 112 Å². The van der Waals surface area contributed by atoms with Gasteiger partial charge in [0.1, 0.15) is 5.52 Å². The maximum Gasteiger partial charge on any atom is 0.275 e. The van der Waals surface area contributed by atoms with Crippen molar-refractivity contribution in [3.05, 3.63) is 46.8 Å². The van der Waals surface area contributed by atoms with Crippen molar-refractivity contribution >= 4 is 5.52 Å². The van der Waals surface area contributed by atoms with Crippen LogP contribution in [0.3, 0.4) is 0 Å². The summed E-state index contributed by atoms with van der Waals surface area (Å²) in [6.45, 7) is 3.06. The zero-order valence-corrected chi connectivity index (χ0v) is 14.0. The van der Waals surface area contributed by atoms with Gasteiger partial charge in [0.2, 0.25) is 0 Å². The number of aromatic amines is 1. The van der Waals surface area contributed by atoms with Crippen molar-refractivity contribution in [1.29, 1.82) is 0 Å². The van der Waals surface area contributed by atoms with Crippen molar-refractivity contribution in [3.63, 3.8) is 0 Å². The van der Waals surface area contributed by atoms with Crippen LogP contribution in [-0.4, -0.2) is 40.5 Å². The van der Waals surface area contributed by atoms with E-state index in [9.17, 15) is 4.79 Å². The Hall–Kier alpha value is -3.20. The lowest BCUT2D eigenvalue weighted by molar-refractivity contribution is 0.627. The van der Waals surface area contributed by atoms with E-state index in [0.29, 0.717) is 30.3 Å². The second kappa shape index (κ2) is 5.71.